The van der Waals surface area contributed by atoms with Crippen LogP contribution < -0.4 is 10.6 Å². The lowest BCUT2D eigenvalue weighted by molar-refractivity contribution is -0.255. The molecular weight excluding hydrogens is 494 g/mol. The summed E-state index contributed by atoms with van der Waals surface area (Å²) in [6.45, 7) is 4.44. The lowest BCUT2D eigenvalue weighted by Crippen LogP contribution is -2.67. The summed E-state index contributed by atoms with van der Waals surface area (Å²) >= 11 is 5.55. The van der Waals surface area contributed by atoms with Gasteiger partial charge in [-0.15, -0.1) is 0 Å². The van der Waals surface area contributed by atoms with Crippen LogP contribution in [0.3, 0.4) is 0 Å². The molecule has 0 radical (unpaired) electrons. The summed E-state index contributed by atoms with van der Waals surface area (Å²) in [6, 6.07) is 0.355. The number of ether oxygens (including phenoxy) is 5. The number of carbonyl (C=O) groups excluding carboxylic acids is 4. The molecule has 0 bridgehead atoms. The molecule has 2 N–H and O–H groups in total. The first-order chi connectivity index (χ1) is 16.9. The van der Waals surface area contributed by atoms with Gasteiger partial charge in [-0.3, -0.25) is 19.2 Å². The molecule has 2 aliphatic rings. The van der Waals surface area contributed by atoms with Crippen molar-refractivity contribution in [3.8, 4) is 0 Å². The smallest absolute Gasteiger partial charge is 0.303 e. The Labute approximate surface area is 216 Å². The van der Waals surface area contributed by atoms with Crippen LogP contribution in [0.2, 0.25) is 0 Å². The van der Waals surface area contributed by atoms with Gasteiger partial charge in [0.2, 0.25) is 0 Å². The number of likely N-dealkylation sites (N-methyl/N-ethyl adjacent to an activating group) is 1. The van der Waals surface area contributed by atoms with E-state index in [1.54, 1.807) is 0 Å². The van der Waals surface area contributed by atoms with Crippen LogP contribution in [0.5, 0.6) is 0 Å². The first kappa shape index (κ1) is 29.7. The number of esters is 4. The molecule has 0 amide bonds. The van der Waals surface area contributed by atoms with E-state index >= 15 is 0 Å². The van der Waals surface area contributed by atoms with Crippen LogP contribution in [0.4, 0.5) is 0 Å². The van der Waals surface area contributed by atoms with Gasteiger partial charge in [-0.1, -0.05) is 12.8 Å². The number of nitrogens with one attached hydrogen (secondary N) is 2. The molecule has 1 saturated heterocycles. The molecule has 0 aromatic carbocycles. The van der Waals surface area contributed by atoms with Crippen molar-refractivity contribution in [1.82, 2.24) is 15.5 Å². The Balaban J connectivity index is 2.32. The monoisotopic (exact) mass is 531 g/mol. The Hall–Kier alpha value is -2.51. The van der Waals surface area contributed by atoms with Crippen molar-refractivity contribution in [3.05, 3.63) is 0 Å². The maximum Gasteiger partial charge on any atom is 0.303 e. The Morgan fingerprint density at radius 1 is 0.833 bits per heavy atom. The van der Waals surface area contributed by atoms with Crippen LogP contribution >= 0.6 is 12.2 Å². The van der Waals surface area contributed by atoms with Crippen LogP contribution in [0.15, 0.2) is 0 Å². The molecule has 0 aromatic heterocycles. The zero-order valence-corrected chi connectivity index (χ0v) is 22.4. The molecule has 2 rings (SSSR count). The number of hydrogen-bond acceptors (Lipinski definition) is 11. The van der Waals surface area contributed by atoms with Gasteiger partial charge in [0, 0.05) is 39.8 Å². The van der Waals surface area contributed by atoms with E-state index in [-0.39, 0.29) is 23.8 Å². The summed E-state index contributed by atoms with van der Waals surface area (Å²) in [5.74, 6) is -2.64. The third kappa shape index (κ3) is 8.86. The highest BCUT2D eigenvalue weighted by Gasteiger charge is 2.52. The lowest BCUT2D eigenvalue weighted by Gasteiger charge is -2.45. The van der Waals surface area contributed by atoms with Crippen molar-refractivity contribution in [2.24, 2.45) is 0 Å². The molecule has 5 unspecified atom stereocenters. The molecule has 36 heavy (non-hydrogen) atoms. The molecule has 1 aliphatic heterocycles. The fourth-order valence-electron chi connectivity index (χ4n) is 4.58. The molecule has 204 valence electrons. The van der Waals surface area contributed by atoms with Gasteiger partial charge in [0.25, 0.3) is 0 Å². The molecule has 13 heteroatoms. The molecule has 1 heterocycles. The van der Waals surface area contributed by atoms with Crippen molar-refractivity contribution < 1.29 is 42.9 Å². The minimum absolute atomic E-state index is 0.0828. The van der Waals surface area contributed by atoms with Gasteiger partial charge in [-0.05, 0) is 39.2 Å². The van der Waals surface area contributed by atoms with E-state index in [2.05, 4.69) is 15.5 Å². The summed E-state index contributed by atoms with van der Waals surface area (Å²) in [7, 11) is 4.03. The molecule has 1 saturated carbocycles. The van der Waals surface area contributed by atoms with Crippen molar-refractivity contribution in [2.75, 3.05) is 20.7 Å². The van der Waals surface area contributed by atoms with Crippen LogP contribution in [0.25, 0.3) is 0 Å². The van der Waals surface area contributed by atoms with Gasteiger partial charge in [-0.25, -0.2) is 0 Å². The second kappa shape index (κ2) is 13.7. The number of hydrogen-bond donors (Lipinski definition) is 2. The van der Waals surface area contributed by atoms with Crippen LogP contribution in [-0.2, 0) is 42.9 Å². The van der Waals surface area contributed by atoms with Gasteiger partial charge in [-0.2, -0.15) is 0 Å². The predicted octanol–water partition coefficient (Wildman–Crippen LogP) is 0.406. The van der Waals surface area contributed by atoms with Gasteiger partial charge < -0.3 is 39.2 Å². The Kier molecular flexibility index (Phi) is 11.3. The van der Waals surface area contributed by atoms with Crippen molar-refractivity contribution >= 4 is 41.2 Å². The van der Waals surface area contributed by atoms with E-state index in [1.165, 1.54) is 27.7 Å². The summed E-state index contributed by atoms with van der Waals surface area (Å²) in [5, 5.41) is 6.57. The second-order valence-electron chi connectivity index (χ2n) is 9.16. The quantitative estimate of drug-likeness (QED) is 0.254. The van der Waals surface area contributed by atoms with Crippen molar-refractivity contribution in [1.29, 1.82) is 0 Å². The molecular formula is C23H37N3O9S. The fraction of sp³-hybridized carbons (Fsp3) is 0.783. The van der Waals surface area contributed by atoms with Gasteiger partial charge in [0.1, 0.15) is 12.7 Å². The number of rotatable bonds is 8. The number of carbonyl (C=O) groups is 4. The lowest BCUT2D eigenvalue weighted by atomic mass is 9.89. The highest BCUT2D eigenvalue weighted by atomic mass is 32.1. The normalized spacial score (nSPS) is 30.0. The topological polar surface area (TPSA) is 142 Å². The SMILES string of the molecule is CC(=O)OCC1OC(NC(=S)N[C@H]2CCCC[C@@H]2N(C)C)C(OC(C)=O)C(OC(C)=O)C1OC(C)=O. The molecule has 7 atom stereocenters. The van der Waals surface area contributed by atoms with E-state index < -0.39 is 54.5 Å². The maximum atomic E-state index is 12.0. The standard InChI is InChI=1S/C23H37N3O9S/c1-12(27)31-11-18-19(32-13(2)28)20(33-14(3)29)21(34-15(4)30)22(35-18)25-23(36)24-16-9-7-8-10-17(16)26(5)6/h16-22H,7-11H2,1-6H3,(H2,24,25,36)/t16-,17-,18?,19?,20?,21?,22?/m0/s1. The van der Waals surface area contributed by atoms with Crippen LogP contribution in [-0.4, -0.2) is 97.3 Å². The molecule has 0 spiro atoms. The van der Waals surface area contributed by atoms with Crippen molar-refractivity contribution in [3.63, 3.8) is 0 Å². The minimum atomic E-state index is -1.26. The predicted molar refractivity (Wildman–Crippen MR) is 131 cm³/mol. The largest absolute Gasteiger partial charge is 0.463 e. The molecule has 2 fully saturated rings. The summed E-state index contributed by atoms with van der Waals surface area (Å²) in [6.07, 6.45) is -1.72. The Morgan fingerprint density at radius 3 is 1.94 bits per heavy atom. The van der Waals surface area contributed by atoms with Gasteiger partial charge in [0.05, 0.1) is 0 Å². The third-order valence-electron chi connectivity index (χ3n) is 5.97. The Morgan fingerprint density at radius 2 is 1.39 bits per heavy atom. The van der Waals surface area contributed by atoms with Crippen LogP contribution in [0, 0.1) is 0 Å². The highest BCUT2D eigenvalue weighted by molar-refractivity contribution is 7.80. The van der Waals surface area contributed by atoms with E-state index in [4.69, 9.17) is 35.9 Å². The third-order valence-corrected chi connectivity index (χ3v) is 6.21. The average Bonchev–Trinajstić information content (AvgIpc) is 2.75. The van der Waals surface area contributed by atoms with Crippen molar-refractivity contribution in [2.45, 2.75) is 96.1 Å². The molecule has 12 nitrogen and oxygen atoms in total. The maximum absolute atomic E-state index is 12.0. The first-order valence-corrected chi connectivity index (χ1v) is 12.3. The fourth-order valence-corrected chi connectivity index (χ4v) is 4.85. The van der Waals surface area contributed by atoms with E-state index in [0.717, 1.165) is 25.7 Å². The van der Waals surface area contributed by atoms with Gasteiger partial charge in [0.15, 0.2) is 29.7 Å². The van der Waals surface area contributed by atoms with Gasteiger partial charge >= 0.3 is 23.9 Å². The number of thiocarbonyl (C=S) groups is 1. The zero-order chi connectivity index (χ0) is 27.0. The molecule has 0 aromatic rings. The summed E-state index contributed by atoms with van der Waals surface area (Å²) in [5.41, 5.74) is 0. The summed E-state index contributed by atoms with van der Waals surface area (Å²) in [4.78, 5) is 49.3. The van der Waals surface area contributed by atoms with Crippen LogP contribution in [0.1, 0.15) is 53.4 Å². The number of nitrogens with zero attached hydrogens (tertiary/aromatic N) is 1. The zero-order valence-electron chi connectivity index (χ0n) is 21.6. The van der Waals surface area contributed by atoms with E-state index in [9.17, 15) is 19.2 Å². The second-order valence-corrected chi connectivity index (χ2v) is 9.57. The van der Waals surface area contributed by atoms with E-state index in [1.807, 2.05) is 14.1 Å². The Bertz CT molecular complexity index is 825. The first-order valence-electron chi connectivity index (χ1n) is 11.9. The minimum Gasteiger partial charge on any atom is -0.463 e. The van der Waals surface area contributed by atoms with E-state index in [0.29, 0.717) is 0 Å². The summed E-state index contributed by atoms with van der Waals surface area (Å²) < 4.78 is 27.4. The molecule has 1 aliphatic carbocycles. The highest BCUT2D eigenvalue weighted by Crippen LogP contribution is 2.28. The average molecular weight is 532 g/mol.